The van der Waals surface area contributed by atoms with Crippen LogP contribution in [0.25, 0.3) is 0 Å². The maximum absolute atomic E-state index is 12.9. The Morgan fingerprint density at radius 3 is 2.12 bits per heavy atom. The SMILES string of the molecule is CCC(C)C(=O)C1C(=O)[C@H](CC=C(C)C)[C@](O)(C(=O)CC=C(C)C)C1=O. The van der Waals surface area contributed by atoms with Crippen LogP contribution in [0.2, 0.25) is 0 Å². The van der Waals surface area contributed by atoms with Crippen molar-refractivity contribution < 1.29 is 24.3 Å². The van der Waals surface area contributed by atoms with E-state index >= 15 is 0 Å². The van der Waals surface area contributed by atoms with Gasteiger partial charge in [0.15, 0.2) is 28.7 Å². The second kappa shape index (κ2) is 8.67. The van der Waals surface area contributed by atoms with Crippen LogP contribution >= 0.6 is 0 Å². The van der Waals surface area contributed by atoms with E-state index in [1.807, 2.05) is 13.8 Å². The van der Waals surface area contributed by atoms with E-state index in [9.17, 15) is 24.3 Å². The first-order chi connectivity index (χ1) is 12.0. The number of hydrogen-bond donors (Lipinski definition) is 1. The van der Waals surface area contributed by atoms with Gasteiger partial charge >= 0.3 is 0 Å². The zero-order valence-corrected chi connectivity index (χ0v) is 16.6. The Morgan fingerprint density at radius 2 is 1.65 bits per heavy atom. The van der Waals surface area contributed by atoms with E-state index in [1.54, 1.807) is 39.8 Å². The number of aliphatic hydroxyl groups is 1. The van der Waals surface area contributed by atoms with Crippen molar-refractivity contribution in [3.05, 3.63) is 23.3 Å². The standard InChI is InChI=1S/C21H30O5/c1-7-14(6)18(23)17-19(24)15(10-8-12(2)3)21(26,20(17)25)16(22)11-9-13(4)5/h8-9,14-15,17,26H,7,10-11H2,1-6H3/t14?,15-,17?,21-/m0/s1. The van der Waals surface area contributed by atoms with Gasteiger partial charge in [-0.3, -0.25) is 19.2 Å². The smallest absolute Gasteiger partial charge is 0.192 e. The lowest BCUT2D eigenvalue weighted by atomic mass is 9.81. The van der Waals surface area contributed by atoms with Crippen molar-refractivity contribution in [2.24, 2.45) is 17.8 Å². The fourth-order valence-corrected chi connectivity index (χ4v) is 3.11. The average Bonchev–Trinajstić information content (AvgIpc) is 2.76. The van der Waals surface area contributed by atoms with E-state index in [4.69, 9.17) is 0 Å². The topological polar surface area (TPSA) is 88.5 Å². The molecule has 0 aromatic rings. The molecule has 0 amide bonds. The first-order valence-corrected chi connectivity index (χ1v) is 9.12. The molecule has 0 bridgehead atoms. The van der Waals surface area contributed by atoms with E-state index in [-0.39, 0.29) is 12.8 Å². The Kier molecular flexibility index (Phi) is 7.39. The van der Waals surface area contributed by atoms with Gasteiger partial charge in [0.1, 0.15) is 5.92 Å². The lowest BCUT2D eigenvalue weighted by Crippen LogP contribution is -2.49. The average molecular weight is 362 g/mol. The van der Waals surface area contributed by atoms with Crippen LogP contribution in [0.3, 0.4) is 0 Å². The third kappa shape index (κ3) is 4.26. The second-order valence-electron chi connectivity index (χ2n) is 7.66. The number of carbonyl (C=O) groups excluding carboxylic acids is 4. The number of Topliss-reactive ketones (excluding diaryl/α,β-unsaturated/α-hetero) is 4. The minimum atomic E-state index is -2.43. The molecule has 1 rings (SSSR count). The molecule has 5 heteroatoms. The highest BCUT2D eigenvalue weighted by Gasteiger charge is 2.64. The fraction of sp³-hybridized carbons (Fsp3) is 0.619. The maximum atomic E-state index is 12.9. The Labute approximate surface area is 155 Å². The predicted molar refractivity (Wildman–Crippen MR) is 99.5 cm³/mol. The molecule has 1 saturated carbocycles. The van der Waals surface area contributed by atoms with E-state index in [1.165, 1.54) is 0 Å². The molecule has 1 aliphatic carbocycles. The molecular weight excluding hydrogens is 332 g/mol. The van der Waals surface area contributed by atoms with Crippen molar-refractivity contribution in [1.29, 1.82) is 0 Å². The Bertz CT molecular complexity index is 662. The summed E-state index contributed by atoms with van der Waals surface area (Å²) in [6, 6.07) is 0. The third-order valence-corrected chi connectivity index (χ3v) is 5.04. The van der Waals surface area contributed by atoms with E-state index in [0.29, 0.717) is 6.42 Å². The number of allylic oxidation sites excluding steroid dienone is 4. The number of carbonyl (C=O) groups is 4. The first-order valence-electron chi connectivity index (χ1n) is 9.12. The largest absolute Gasteiger partial charge is 0.374 e. The van der Waals surface area contributed by atoms with Crippen molar-refractivity contribution in [1.82, 2.24) is 0 Å². The van der Waals surface area contributed by atoms with Crippen molar-refractivity contribution in [2.75, 3.05) is 0 Å². The van der Waals surface area contributed by atoms with Crippen LogP contribution in [0.15, 0.2) is 23.3 Å². The molecule has 1 N–H and O–H groups in total. The summed E-state index contributed by atoms with van der Waals surface area (Å²) in [5, 5.41) is 11.0. The summed E-state index contributed by atoms with van der Waals surface area (Å²) in [5.41, 5.74) is -0.657. The predicted octanol–water partition coefficient (Wildman–Crippen LogP) is 3.00. The van der Waals surface area contributed by atoms with Gasteiger partial charge in [-0.2, -0.15) is 0 Å². The number of rotatable bonds is 8. The Hall–Kier alpha value is -1.88. The summed E-state index contributed by atoms with van der Waals surface area (Å²) in [7, 11) is 0. The highest BCUT2D eigenvalue weighted by molar-refractivity contribution is 6.34. The first kappa shape index (κ1) is 22.2. The van der Waals surface area contributed by atoms with E-state index in [0.717, 1.165) is 11.1 Å². The summed E-state index contributed by atoms with van der Waals surface area (Å²) in [5.74, 6) is -6.04. The van der Waals surface area contributed by atoms with Crippen LogP contribution in [0.5, 0.6) is 0 Å². The number of ketones is 4. The quantitative estimate of drug-likeness (QED) is 0.530. The van der Waals surface area contributed by atoms with E-state index in [2.05, 4.69) is 0 Å². The summed E-state index contributed by atoms with van der Waals surface area (Å²) >= 11 is 0. The highest BCUT2D eigenvalue weighted by atomic mass is 16.3. The van der Waals surface area contributed by atoms with Gasteiger partial charge in [0.2, 0.25) is 0 Å². The maximum Gasteiger partial charge on any atom is 0.192 e. The normalized spacial score (nSPS) is 26.4. The van der Waals surface area contributed by atoms with Gasteiger partial charge in [-0.1, -0.05) is 37.1 Å². The van der Waals surface area contributed by atoms with Gasteiger partial charge in [0.05, 0.1) is 5.92 Å². The zero-order valence-electron chi connectivity index (χ0n) is 16.6. The molecule has 0 aliphatic heterocycles. The summed E-state index contributed by atoms with van der Waals surface area (Å²) in [6.07, 6.45) is 3.73. The van der Waals surface area contributed by atoms with Crippen LogP contribution in [-0.2, 0) is 19.2 Å². The van der Waals surface area contributed by atoms with Crippen LogP contribution in [0.4, 0.5) is 0 Å². The monoisotopic (exact) mass is 362 g/mol. The van der Waals surface area contributed by atoms with Gasteiger partial charge in [-0.15, -0.1) is 0 Å². The summed E-state index contributed by atoms with van der Waals surface area (Å²) in [6.45, 7) is 10.7. The third-order valence-electron chi connectivity index (χ3n) is 5.04. The Morgan fingerprint density at radius 1 is 1.12 bits per heavy atom. The van der Waals surface area contributed by atoms with Crippen LogP contribution in [-0.4, -0.2) is 33.8 Å². The lowest BCUT2D eigenvalue weighted by Gasteiger charge is -2.25. The van der Waals surface area contributed by atoms with Gasteiger partial charge < -0.3 is 5.11 Å². The molecule has 2 unspecified atom stereocenters. The lowest BCUT2D eigenvalue weighted by molar-refractivity contribution is -0.153. The molecular formula is C21H30O5. The minimum Gasteiger partial charge on any atom is -0.374 e. The molecule has 1 aliphatic rings. The van der Waals surface area contributed by atoms with Gasteiger partial charge in [0.25, 0.3) is 0 Å². The van der Waals surface area contributed by atoms with Crippen molar-refractivity contribution in [2.45, 2.75) is 66.4 Å². The van der Waals surface area contributed by atoms with Gasteiger partial charge in [-0.25, -0.2) is 0 Å². The van der Waals surface area contributed by atoms with Crippen LogP contribution in [0, 0.1) is 17.8 Å². The minimum absolute atomic E-state index is 0.0637. The van der Waals surface area contributed by atoms with Crippen LogP contribution < -0.4 is 0 Å². The number of hydrogen-bond acceptors (Lipinski definition) is 5. The Balaban J connectivity index is 3.37. The molecule has 0 spiro atoms. The molecule has 0 aromatic heterocycles. The van der Waals surface area contributed by atoms with Crippen molar-refractivity contribution >= 4 is 23.1 Å². The molecule has 1 fully saturated rings. The highest BCUT2D eigenvalue weighted by Crippen LogP contribution is 2.39. The van der Waals surface area contributed by atoms with Crippen molar-refractivity contribution in [3.8, 4) is 0 Å². The van der Waals surface area contributed by atoms with Gasteiger partial charge in [0, 0.05) is 12.3 Å². The molecule has 26 heavy (non-hydrogen) atoms. The van der Waals surface area contributed by atoms with Crippen LogP contribution in [0.1, 0.15) is 60.8 Å². The molecule has 144 valence electrons. The molecule has 0 radical (unpaired) electrons. The van der Waals surface area contributed by atoms with E-state index < -0.39 is 46.5 Å². The van der Waals surface area contributed by atoms with Crippen molar-refractivity contribution in [3.63, 3.8) is 0 Å². The molecule has 0 saturated heterocycles. The second-order valence-corrected chi connectivity index (χ2v) is 7.66. The summed E-state index contributed by atoms with van der Waals surface area (Å²) in [4.78, 5) is 51.0. The fourth-order valence-electron chi connectivity index (χ4n) is 3.11. The molecule has 0 aromatic carbocycles. The van der Waals surface area contributed by atoms with Gasteiger partial charge in [-0.05, 0) is 40.5 Å². The molecule has 4 atom stereocenters. The molecule has 5 nitrogen and oxygen atoms in total. The molecule has 0 heterocycles. The summed E-state index contributed by atoms with van der Waals surface area (Å²) < 4.78 is 0. The zero-order chi connectivity index (χ0) is 20.2.